The van der Waals surface area contributed by atoms with Gasteiger partial charge in [0, 0.05) is 18.4 Å². The number of aromatic nitrogens is 1. The Morgan fingerprint density at radius 3 is 3.12 bits per heavy atom. The summed E-state index contributed by atoms with van der Waals surface area (Å²) in [4.78, 5) is 17.5. The van der Waals surface area contributed by atoms with Gasteiger partial charge in [-0.05, 0) is 12.1 Å². The lowest BCUT2D eigenvalue weighted by Crippen LogP contribution is -2.46. The number of carbonyl (C=O) groups is 1. The monoisotopic (exact) mass is 302 g/mol. The third-order valence-corrected chi connectivity index (χ3v) is 3.27. The summed E-state index contributed by atoms with van der Waals surface area (Å²) in [6, 6.07) is 2.64. The summed E-state index contributed by atoms with van der Waals surface area (Å²) in [5.41, 5.74) is 0.265. The number of alkyl halides is 1. The summed E-state index contributed by atoms with van der Waals surface area (Å²) >= 11 is 3.33. The fourth-order valence-electron chi connectivity index (χ4n) is 1.66. The molecule has 2 heterocycles. The van der Waals surface area contributed by atoms with Crippen molar-refractivity contribution in [2.75, 3.05) is 25.0 Å². The van der Waals surface area contributed by atoms with Crippen LogP contribution >= 0.6 is 15.9 Å². The SMILES string of the molecule is O=C(c1ccc(F)cn1)N1CCOC(CBr)C1. The van der Waals surface area contributed by atoms with Crippen LogP contribution in [-0.4, -0.2) is 46.9 Å². The van der Waals surface area contributed by atoms with Gasteiger partial charge in [-0.1, -0.05) is 15.9 Å². The smallest absolute Gasteiger partial charge is 0.272 e. The average Bonchev–Trinajstić information content (AvgIpc) is 2.39. The number of hydrogen-bond acceptors (Lipinski definition) is 3. The van der Waals surface area contributed by atoms with Crippen molar-refractivity contribution in [2.24, 2.45) is 0 Å². The molecule has 1 aliphatic heterocycles. The molecule has 92 valence electrons. The molecule has 0 aliphatic carbocycles. The van der Waals surface area contributed by atoms with Crippen LogP contribution in [-0.2, 0) is 4.74 Å². The number of hydrogen-bond donors (Lipinski definition) is 0. The zero-order valence-electron chi connectivity index (χ0n) is 9.10. The fourth-order valence-corrected chi connectivity index (χ4v) is 2.05. The zero-order chi connectivity index (χ0) is 12.3. The van der Waals surface area contributed by atoms with Crippen LogP contribution in [0.4, 0.5) is 4.39 Å². The van der Waals surface area contributed by atoms with Crippen molar-refractivity contribution in [3.8, 4) is 0 Å². The molecule has 1 amide bonds. The molecule has 1 atom stereocenters. The van der Waals surface area contributed by atoms with Crippen LogP contribution in [0.2, 0.25) is 0 Å². The van der Waals surface area contributed by atoms with Crippen LogP contribution in [0.5, 0.6) is 0 Å². The highest BCUT2D eigenvalue weighted by Crippen LogP contribution is 2.11. The number of rotatable bonds is 2. The lowest BCUT2D eigenvalue weighted by molar-refractivity contribution is -0.00987. The standard InChI is InChI=1S/C11H12BrFN2O2/c12-5-9-7-15(3-4-17-9)11(16)10-2-1-8(13)6-14-10/h1-2,6,9H,3-5,7H2. The van der Waals surface area contributed by atoms with E-state index in [0.717, 1.165) is 6.20 Å². The Kier molecular flexibility index (Phi) is 4.06. The maximum Gasteiger partial charge on any atom is 0.272 e. The highest BCUT2D eigenvalue weighted by Gasteiger charge is 2.24. The maximum absolute atomic E-state index is 12.7. The number of ether oxygens (including phenoxy) is 1. The summed E-state index contributed by atoms with van der Waals surface area (Å²) in [6.45, 7) is 1.59. The van der Waals surface area contributed by atoms with Crippen LogP contribution in [0, 0.1) is 5.82 Å². The lowest BCUT2D eigenvalue weighted by atomic mass is 10.2. The van der Waals surface area contributed by atoms with E-state index in [1.165, 1.54) is 12.1 Å². The summed E-state index contributed by atoms with van der Waals surface area (Å²) in [5.74, 6) is -0.624. The Labute approximate surface area is 107 Å². The number of morpholine rings is 1. The van der Waals surface area contributed by atoms with E-state index in [9.17, 15) is 9.18 Å². The molecule has 1 saturated heterocycles. The van der Waals surface area contributed by atoms with E-state index in [0.29, 0.717) is 25.0 Å². The van der Waals surface area contributed by atoms with Crippen molar-refractivity contribution >= 4 is 21.8 Å². The number of pyridine rings is 1. The van der Waals surface area contributed by atoms with E-state index >= 15 is 0 Å². The highest BCUT2D eigenvalue weighted by atomic mass is 79.9. The zero-order valence-corrected chi connectivity index (χ0v) is 10.7. The van der Waals surface area contributed by atoms with E-state index < -0.39 is 5.82 Å². The maximum atomic E-state index is 12.7. The van der Waals surface area contributed by atoms with Crippen LogP contribution in [0.25, 0.3) is 0 Å². The first kappa shape index (κ1) is 12.4. The van der Waals surface area contributed by atoms with Crippen molar-refractivity contribution in [1.82, 2.24) is 9.88 Å². The lowest BCUT2D eigenvalue weighted by Gasteiger charge is -2.31. The van der Waals surface area contributed by atoms with Gasteiger partial charge in [0.25, 0.3) is 5.91 Å². The van der Waals surface area contributed by atoms with Crippen molar-refractivity contribution < 1.29 is 13.9 Å². The van der Waals surface area contributed by atoms with Crippen LogP contribution in [0.15, 0.2) is 18.3 Å². The minimum absolute atomic E-state index is 0.00754. The van der Waals surface area contributed by atoms with Gasteiger partial charge >= 0.3 is 0 Å². The van der Waals surface area contributed by atoms with Crippen LogP contribution < -0.4 is 0 Å². The minimum atomic E-state index is -0.443. The third-order valence-electron chi connectivity index (χ3n) is 2.54. The number of carbonyl (C=O) groups excluding carboxylic acids is 1. The fraction of sp³-hybridized carbons (Fsp3) is 0.455. The molecule has 1 aliphatic rings. The van der Waals surface area contributed by atoms with Crippen molar-refractivity contribution in [3.63, 3.8) is 0 Å². The third kappa shape index (κ3) is 3.01. The molecule has 0 bridgehead atoms. The van der Waals surface area contributed by atoms with Gasteiger partial charge < -0.3 is 9.64 Å². The number of halogens is 2. The topological polar surface area (TPSA) is 42.4 Å². The molecule has 1 fully saturated rings. The molecule has 17 heavy (non-hydrogen) atoms. The second kappa shape index (κ2) is 5.55. The first-order valence-corrected chi connectivity index (χ1v) is 6.41. The molecular formula is C11H12BrFN2O2. The second-order valence-electron chi connectivity index (χ2n) is 3.76. The predicted octanol–water partition coefficient (Wildman–Crippen LogP) is 1.46. The molecule has 0 aromatic carbocycles. The molecule has 0 spiro atoms. The van der Waals surface area contributed by atoms with Gasteiger partial charge in [-0.25, -0.2) is 9.37 Å². The normalized spacial score (nSPS) is 20.4. The molecular weight excluding hydrogens is 291 g/mol. The van der Waals surface area contributed by atoms with Gasteiger partial charge in [-0.2, -0.15) is 0 Å². The van der Waals surface area contributed by atoms with Gasteiger partial charge in [0.1, 0.15) is 11.5 Å². The predicted molar refractivity (Wildman–Crippen MR) is 63.6 cm³/mol. The Morgan fingerprint density at radius 2 is 2.47 bits per heavy atom. The molecule has 6 heteroatoms. The van der Waals surface area contributed by atoms with E-state index in [1.54, 1.807) is 4.90 Å². The highest BCUT2D eigenvalue weighted by molar-refractivity contribution is 9.09. The van der Waals surface area contributed by atoms with Crippen LogP contribution in [0.3, 0.4) is 0 Å². The van der Waals surface area contributed by atoms with Gasteiger partial charge in [0.05, 0.1) is 18.9 Å². The summed E-state index contributed by atoms with van der Waals surface area (Å²) in [7, 11) is 0. The molecule has 1 aromatic rings. The number of nitrogens with zero attached hydrogens (tertiary/aromatic N) is 2. The quantitative estimate of drug-likeness (QED) is 0.777. The van der Waals surface area contributed by atoms with Crippen LogP contribution in [0.1, 0.15) is 10.5 Å². The van der Waals surface area contributed by atoms with Crippen molar-refractivity contribution in [1.29, 1.82) is 0 Å². The average molecular weight is 303 g/mol. The second-order valence-corrected chi connectivity index (χ2v) is 4.41. The molecule has 0 N–H and O–H groups in total. The number of amides is 1. The molecule has 2 rings (SSSR count). The molecule has 1 unspecified atom stereocenters. The Bertz CT molecular complexity index is 399. The summed E-state index contributed by atoms with van der Waals surface area (Å²) in [6.07, 6.45) is 1.06. The molecule has 1 aromatic heterocycles. The van der Waals surface area contributed by atoms with E-state index in [-0.39, 0.29) is 17.7 Å². The summed E-state index contributed by atoms with van der Waals surface area (Å²) < 4.78 is 18.1. The van der Waals surface area contributed by atoms with Gasteiger partial charge in [-0.3, -0.25) is 4.79 Å². The largest absolute Gasteiger partial charge is 0.374 e. The summed E-state index contributed by atoms with van der Waals surface area (Å²) in [5, 5.41) is 0.688. The first-order chi connectivity index (χ1) is 8.20. The van der Waals surface area contributed by atoms with E-state index in [4.69, 9.17) is 4.74 Å². The van der Waals surface area contributed by atoms with E-state index in [2.05, 4.69) is 20.9 Å². The van der Waals surface area contributed by atoms with Crippen molar-refractivity contribution in [3.05, 3.63) is 29.8 Å². The Morgan fingerprint density at radius 1 is 1.65 bits per heavy atom. The van der Waals surface area contributed by atoms with E-state index in [1.807, 2.05) is 0 Å². The van der Waals surface area contributed by atoms with Gasteiger partial charge in [0.2, 0.25) is 0 Å². The van der Waals surface area contributed by atoms with Crippen molar-refractivity contribution in [2.45, 2.75) is 6.10 Å². The molecule has 0 radical (unpaired) electrons. The molecule has 4 nitrogen and oxygen atoms in total. The molecule has 0 saturated carbocycles. The Hall–Kier alpha value is -1.01. The minimum Gasteiger partial charge on any atom is -0.374 e. The van der Waals surface area contributed by atoms with Gasteiger partial charge in [0.15, 0.2) is 0 Å². The first-order valence-electron chi connectivity index (χ1n) is 5.29. The van der Waals surface area contributed by atoms with Gasteiger partial charge in [-0.15, -0.1) is 0 Å². The Balaban J connectivity index is 2.06.